The summed E-state index contributed by atoms with van der Waals surface area (Å²) in [4.78, 5) is 11.6. The Morgan fingerprint density at radius 1 is 1.05 bits per heavy atom. The van der Waals surface area contributed by atoms with Crippen LogP contribution >= 0.6 is 0 Å². The highest BCUT2D eigenvalue weighted by atomic mass is 16.1. The summed E-state index contributed by atoms with van der Waals surface area (Å²) in [5, 5.41) is 0. The van der Waals surface area contributed by atoms with Crippen LogP contribution < -0.4 is 0 Å². The van der Waals surface area contributed by atoms with E-state index < -0.39 is 0 Å². The highest BCUT2D eigenvalue weighted by Crippen LogP contribution is 2.63. The third kappa shape index (κ3) is 2.24. The lowest BCUT2D eigenvalue weighted by Crippen LogP contribution is -2.32. The van der Waals surface area contributed by atoms with E-state index in [4.69, 9.17) is 0 Å². The van der Waals surface area contributed by atoms with E-state index in [0.717, 1.165) is 12.8 Å². The van der Waals surface area contributed by atoms with Gasteiger partial charge in [-0.1, -0.05) is 45.0 Å². The number of carbonyl (C=O) groups excluding carboxylic acids is 1. The largest absolute Gasteiger partial charge is 0.299 e. The Morgan fingerprint density at radius 2 is 1.58 bits per heavy atom. The molecule has 0 heterocycles. The Hall–Kier alpha value is -1.11. The molecule has 0 spiro atoms. The fourth-order valence-electron chi connectivity index (χ4n) is 3.56. The van der Waals surface area contributed by atoms with Crippen molar-refractivity contribution < 1.29 is 4.79 Å². The SMILES string of the molecule is CC12CCC(CC1=O)C2(C)C.Cc1ccccc1C. The third-order valence-electron chi connectivity index (χ3n) is 5.91. The average molecular weight is 258 g/mol. The van der Waals surface area contributed by atoms with Gasteiger partial charge in [0.25, 0.3) is 0 Å². The molecule has 1 nitrogen and oxygen atoms in total. The van der Waals surface area contributed by atoms with Gasteiger partial charge in [0.1, 0.15) is 5.78 Å². The van der Waals surface area contributed by atoms with Gasteiger partial charge in [0.2, 0.25) is 0 Å². The molecular formula is C18H26O. The van der Waals surface area contributed by atoms with Gasteiger partial charge in [0.15, 0.2) is 0 Å². The van der Waals surface area contributed by atoms with Crippen molar-refractivity contribution in [3.63, 3.8) is 0 Å². The van der Waals surface area contributed by atoms with Crippen LogP contribution in [-0.2, 0) is 4.79 Å². The molecule has 19 heavy (non-hydrogen) atoms. The third-order valence-corrected chi connectivity index (χ3v) is 5.91. The molecule has 2 aliphatic carbocycles. The van der Waals surface area contributed by atoms with Crippen molar-refractivity contribution in [1.29, 1.82) is 0 Å². The van der Waals surface area contributed by atoms with Gasteiger partial charge >= 0.3 is 0 Å². The van der Waals surface area contributed by atoms with Crippen molar-refractivity contribution in [1.82, 2.24) is 0 Å². The molecule has 0 radical (unpaired) electrons. The van der Waals surface area contributed by atoms with Gasteiger partial charge in [-0.2, -0.15) is 0 Å². The molecule has 1 aromatic carbocycles. The van der Waals surface area contributed by atoms with Crippen molar-refractivity contribution in [3.05, 3.63) is 35.4 Å². The zero-order valence-corrected chi connectivity index (χ0v) is 12.9. The van der Waals surface area contributed by atoms with Crippen molar-refractivity contribution >= 4 is 5.78 Å². The van der Waals surface area contributed by atoms with E-state index in [-0.39, 0.29) is 10.8 Å². The molecule has 0 aliphatic heterocycles. The summed E-state index contributed by atoms with van der Waals surface area (Å²) in [6.07, 6.45) is 3.25. The first-order chi connectivity index (χ1) is 8.79. The van der Waals surface area contributed by atoms with Gasteiger partial charge in [-0.3, -0.25) is 4.79 Å². The Morgan fingerprint density at radius 3 is 1.79 bits per heavy atom. The van der Waals surface area contributed by atoms with Crippen LogP contribution in [0.3, 0.4) is 0 Å². The van der Waals surface area contributed by atoms with Crippen LogP contribution in [0.1, 0.15) is 51.2 Å². The van der Waals surface area contributed by atoms with Crippen molar-refractivity contribution in [2.24, 2.45) is 16.7 Å². The maximum Gasteiger partial charge on any atom is 0.139 e. The lowest BCUT2D eigenvalue weighted by Gasteiger charge is -2.32. The van der Waals surface area contributed by atoms with Crippen molar-refractivity contribution in [2.45, 2.75) is 53.9 Å². The predicted molar refractivity (Wildman–Crippen MR) is 80.2 cm³/mol. The Bertz CT molecular complexity index is 465. The van der Waals surface area contributed by atoms with E-state index in [9.17, 15) is 4.79 Å². The molecule has 0 saturated heterocycles. The van der Waals surface area contributed by atoms with Crippen LogP contribution in [0.4, 0.5) is 0 Å². The van der Waals surface area contributed by atoms with E-state index in [1.54, 1.807) is 0 Å². The fraction of sp³-hybridized carbons (Fsp3) is 0.611. The van der Waals surface area contributed by atoms with E-state index in [0.29, 0.717) is 11.7 Å². The topological polar surface area (TPSA) is 17.1 Å². The summed E-state index contributed by atoms with van der Waals surface area (Å²) < 4.78 is 0. The Labute approximate surface area is 117 Å². The molecule has 1 aromatic rings. The molecule has 0 N–H and O–H groups in total. The van der Waals surface area contributed by atoms with Crippen LogP contribution in [-0.4, -0.2) is 5.78 Å². The molecule has 3 rings (SSSR count). The lowest BCUT2D eigenvalue weighted by molar-refractivity contribution is -0.128. The second kappa shape index (κ2) is 4.77. The zero-order chi connectivity index (χ0) is 14.3. The van der Waals surface area contributed by atoms with Crippen molar-refractivity contribution in [3.8, 4) is 0 Å². The van der Waals surface area contributed by atoms with Crippen LogP contribution in [0, 0.1) is 30.6 Å². The van der Waals surface area contributed by atoms with Crippen LogP contribution in [0.25, 0.3) is 0 Å². The van der Waals surface area contributed by atoms with Crippen LogP contribution in [0.2, 0.25) is 0 Å². The first-order valence-electron chi connectivity index (χ1n) is 7.34. The van der Waals surface area contributed by atoms with Gasteiger partial charge in [0.05, 0.1) is 0 Å². The number of fused-ring (bicyclic) bond motifs is 2. The summed E-state index contributed by atoms with van der Waals surface area (Å²) in [5.41, 5.74) is 3.04. The first kappa shape index (κ1) is 14.3. The van der Waals surface area contributed by atoms with E-state index >= 15 is 0 Å². The molecule has 0 amide bonds. The van der Waals surface area contributed by atoms with E-state index in [2.05, 4.69) is 58.9 Å². The molecule has 2 fully saturated rings. The number of hydrogen-bond donors (Lipinski definition) is 0. The summed E-state index contributed by atoms with van der Waals surface area (Å²) in [6, 6.07) is 8.36. The van der Waals surface area contributed by atoms with Gasteiger partial charge in [-0.15, -0.1) is 0 Å². The minimum Gasteiger partial charge on any atom is -0.299 e. The highest BCUT2D eigenvalue weighted by molar-refractivity contribution is 5.89. The Kier molecular flexibility index (Phi) is 3.59. The molecule has 104 valence electrons. The monoisotopic (exact) mass is 258 g/mol. The van der Waals surface area contributed by atoms with Crippen LogP contribution in [0.5, 0.6) is 0 Å². The maximum atomic E-state index is 11.6. The first-order valence-corrected chi connectivity index (χ1v) is 7.34. The van der Waals surface area contributed by atoms with Gasteiger partial charge in [-0.05, 0) is 49.1 Å². The average Bonchev–Trinajstić information content (AvgIpc) is 2.67. The summed E-state index contributed by atoms with van der Waals surface area (Å²) in [6.45, 7) is 10.9. The molecule has 0 aromatic heterocycles. The molecular weight excluding hydrogens is 232 g/mol. The lowest BCUT2D eigenvalue weighted by atomic mass is 9.70. The van der Waals surface area contributed by atoms with Gasteiger partial charge < -0.3 is 0 Å². The number of carbonyl (C=O) groups is 1. The zero-order valence-electron chi connectivity index (χ0n) is 12.9. The van der Waals surface area contributed by atoms with E-state index in [1.807, 2.05) is 0 Å². The highest BCUT2D eigenvalue weighted by Gasteiger charge is 2.61. The number of hydrogen-bond acceptors (Lipinski definition) is 1. The standard InChI is InChI=1S/C10H16O.C8H10/c1-9(2)7-4-5-10(9,3)8(11)6-7;1-7-5-3-4-6-8(7)2/h7H,4-6H2,1-3H3;3-6H,1-2H3. The number of rotatable bonds is 0. The second-order valence-electron chi connectivity index (χ2n) is 7.00. The van der Waals surface area contributed by atoms with Crippen molar-refractivity contribution in [2.75, 3.05) is 0 Å². The van der Waals surface area contributed by atoms with E-state index in [1.165, 1.54) is 17.5 Å². The molecule has 2 atom stereocenters. The maximum absolute atomic E-state index is 11.6. The number of Topliss-reactive ketones (excluding diaryl/α,β-unsaturated/α-hetero) is 1. The molecule has 2 saturated carbocycles. The van der Waals surface area contributed by atoms with Crippen LogP contribution in [0.15, 0.2) is 24.3 Å². The quantitative estimate of drug-likeness (QED) is 0.659. The number of benzene rings is 1. The van der Waals surface area contributed by atoms with Gasteiger partial charge in [0, 0.05) is 11.8 Å². The summed E-state index contributed by atoms with van der Waals surface area (Å²) in [7, 11) is 0. The smallest absolute Gasteiger partial charge is 0.139 e. The summed E-state index contributed by atoms with van der Waals surface area (Å²) >= 11 is 0. The minimum absolute atomic E-state index is 0.0255. The minimum atomic E-state index is 0.0255. The molecule has 2 bridgehead atoms. The Balaban J connectivity index is 0.000000148. The predicted octanol–water partition coefficient (Wildman–Crippen LogP) is 4.71. The summed E-state index contributed by atoms with van der Waals surface area (Å²) in [5.74, 6) is 1.19. The molecule has 2 unspecified atom stereocenters. The number of aryl methyl sites for hydroxylation is 2. The van der Waals surface area contributed by atoms with Gasteiger partial charge in [-0.25, -0.2) is 0 Å². The normalized spacial score (nSPS) is 31.0. The molecule has 2 aliphatic rings. The fourth-order valence-corrected chi connectivity index (χ4v) is 3.56. The number of ketones is 1. The second-order valence-corrected chi connectivity index (χ2v) is 7.00. The molecule has 1 heteroatoms.